The van der Waals surface area contributed by atoms with Gasteiger partial charge >= 0.3 is 0 Å². The van der Waals surface area contributed by atoms with Gasteiger partial charge in [-0.1, -0.05) is 6.92 Å². The Labute approximate surface area is 79.8 Å². The predicted octanol–water partition coefficient (Wildman–Crippen LogP) is 2.87. The molecule has 2 aliphatic rings. The van der Waals surface area contributed by atoms with Gasteiger partial charge in [-0.05, 0) is 50.2 Å². The molecule has 0 N–H and O–H groups in total. The van der Waals surface area contributed by atoms with Gasteiger partial charge in [0.15, 0.2) is 0 Å². The largest absolute Gasteiger partial charge is 0.345 e. The van der Waals surface area contributed by atoms with Crippen LogP contribution in [-0.4, -0.2) is 4.57 Å². The zero-order valence-electron chi connectivity index (χ0n) is 8.34. The number of aromatic nitrogens is 1. The molecule has 0 saturated heterocycles. The minimum atomic E-state index is 0.874. The van der Waals surface area contributed by atoms with Crippen molar-refractivity contribution in [3.05, 3.63) is 23.0 Å². The maximum atomic E-state index is 2.66. The zero-order chi connectivity index (χ0) is 8.84. The van der Waals surface area contributed by atoms with Gasteiger partial charge in [0.1, 0.15) is 0 Å². The van der Waals surface area contributed by atoms with Crippen molar-refractivity contribution in [2.24, 2.45) is 0 Å². The van der Waals surface area contributed by atoms with Crippen molar-refractivity contribution >= 4 is 0 Å². The van der Waals surface area contributed by atoms with Crippen LogP contribution in [0.3, 0.4) is 0 Å². The lowest BCUT2D eigenvalue weighted by atomic mass is 9.98. The molecule has 0 radical (unpaired) electrons. The Kier molecular flexibility index (Phi) is 1.55. The molecule has 1 nitrogen and oxygen atoms in total. The summed E-state index contributed by atoms with van der Waals surface area (Å²) in [4.78, 5) is 0. The number of nitrogens with zero attached hydrogens (tertiary/aromatic N) is 1. The van der Waals surface area contributed by atoms with Crippen molar-refractivity contribution in [3.8, 4) is 0 Å². The van der Waals surface area contributed by atoms with E-state index in [1.54, 1.807) is 17.0 Å². The molecule has 3 heterocycles. The Morgan fingerprint density at radius 3 is 3.15 bits per heavy atom. The van der Waals surface area contributed by atoms with Crippen LogP contribution in [0.25, 0.3) is 0 Å². The second-order valence-electron chi connectivity index (χ2n) is 4.42. The maximum absolute atomic E-state index is 2.66. The zero-order valence-corrected chi connectivity index (χ0v) is 8.34. The van der Waals surface area contributed by atoms with Crippen molar-refractivity contribution in [2.45, 2.75) is 51.5 Å². The van der Waals surface area contributed by atoms with Crippen LogP contribution in [0.15, 0.2) is 6.07 Å². The Bertz CT molecular complexity index is 334. The molecule has 1 aromatic heterocycles. The molecule has 3 rings (SSSR count). The van der Waals surface area contributed by atoms with Crippen LogP contribution in [0.1, 0.15) is 49.2 Å². The van der Waals surface area contributed by atoms with E-state index in [1.165, 1.54) is 38.5 Å². The molecule has 0 aliphatic carbocycles. The van der Waals surface area contributed by atoms with E-state index in [2.05, 4.69) is 17.6 Å². The monoisotopic (exact) mass is 175 g/mol. The highest BCUT2D eigenvalue weighted by atomic mass is 15.1. The third kappa shape index (κ3) is 0.932. The van der Waals surface area contributed by atoms with Crippen LogP contribution >= 0.6 is 0 Å². The van der Waals surface area contributed by atoms with E-state index in [0.717, 1.165) is 6.04 Å². The summed E-state index contributed by atoms with van der Waals surface area (Å²) in [5.74, 6) is 0. The normalized spacial score (nSPS) is 24.8. The minimum absolute atomic E-state index is 0.874. The quantitative estimate of drug-likeness (QED) is 0.618. The highest BCUT2D eigenvalue weighted by Crippen LogP contribution is 2.38. The van der Waals surface area contributed by atoms with Crippen LogP contribution in [0.4, 0.5) is 0 Å². The van der Waals surface area contributed by atoms with Gasteiger partial charge in [0, 0.05) is 17.4 Å². The van der Waals surface area contributed by atoms with Crippen LogP contribution in [0.2, 0.25) is 0 Å². The Hall–Kier alpha value is -0.720. The third-order valence-electron chi connectivity index (χ3n) is 3.74. The summed E-state index contributed by atoms with van der Waals surface area (Å²) in [7, 11) is 0. The molecule has 0 amide bonds. The van der Waals surface area contributed by atoms with Crippen LogP contribution < -0.4 is 0 Å². The van der Waals surface area contributed by atoms with Gasteiger partial charge < -0.3 is 4.57 Å². The smallest absolute Gasteiger partial charge is 0.0339 e. The fourth-order valence-electron chi connectivity index (χ4n) is 3.14. The molecule has 0 unspecified atom stereocenters. The standard InChI is InChI=1S/C12H17N/c1-2-9-8-11-7-6-10-4-3-5-12(9)13(10)11/h8,10H,2-7H2,1H3/t10-/m0/s1. The molecule has 0 bridgehead atoms. The van der Waals surface area contributed by atoms with Crippen molar-refractivity contribution in [1.82, 2.24) is 4.57 Å². The van der Waals surface area contributed by atoms with E-state index in [4.69, 9.17) is 0 Å². The van der Waals surface area contributed by atoms with E-state index in [-0.39, 0.29) is 0 Å². The van der Waals surface area contributed by atoms with Crippen molar-refractivity contribution in [1.29, 1.82) is 0 Å². The molecule has 2 aliphatic heterocycles. The molecule has 0 spiro atoms. The third-order valence-corrected chi connectivity index (χ3v) is 3.74. The minimum Gasteiger partial charge on any atom is -0.345 e. The van der Waals surface area contributed by atoms with E-state index in [9.17, 15) is 0 Å². The Morgan fingerprint density at radius 1 is 1.38 bits per heavy atom. The molecule has 0 saturated carbocycles. The Balaban J connectivity index is 2.17. The van der Waals surface area contributed by atoms with Crippen molar-refractivity contribution < 1.29 is 0 Å². The summed E-state index contributed by atoms with van der Waals surface area (Å²) < 4.78 is 2.66. The van der Waals surface area contributed by atoms with Gasteiger partial charge in [-0.3, -0.25) is 0 Å². The molecule has 13 heavy (non-hydrogen) atoms. The first-order valence-corrected chi connectivity index (χ1v) is 5.62. The SMILES string of the molecule is CCc1cc2n3c1CCC[C@H]3CC2. The van der Waals surface area contributed by atoms with Gasteiger partial charge in [0.05, 0.1) is 0 Å². The molecule has 1 aromatic rings. The lowest BCUT2D eigenvalue weighted by Crippen LogP contribution is -2.14. The number of hydrogen-bond donors (Lipinski definition) is 0. The summed E-state index contributed by atoms with van der Waals surface area (Å²) >= 11 is 0. The summed E-state index contributed by atoms with van der Waals surface area (Å²) in [5, 5.41) is 0. The van der Waals surface area contributed by atoms with Gasteiger partial charge in [0.25, 0.3) is 0 Å². The lowest BCUT2D eigenvalue weighted by Gasteiger charge is -2.23. The second kappa shape index (κ2) is 2.63. The predicted molar refractivity (Wildman–Crippen MR) is 54.1 cm³/mol. The molecule has 1 atom stereocenters. The molecule has 0 fully saturated rings. The molecular weight excluding hydrogens is 158 g/mol. The molecule has 0 aromatic carbocycles. The molecule has 1 heteroatoms. The lowest BCUT2D eigenvalue weighted by molar-refractivity contribution is 0.419. The van der Waals surface area contributed by atoms with Crippen LogP contribution in [-0.2, 0) is 19.3 Å². The number of rotatable bonds is 1. The van der Waals surface area contributed by atoms with E-state index < -0.39 is 0 Å². The summed E-state index contributed by atoms with van der Waals surface area (Å²) in [6.07, 6.45) is 8.14. The average Bonchev–Trinajstić information content (AvgIpc) is 2.72. The van der Waals surface area contributed by atoms with Gasteiger partial charge in [-0.2, -0.15) is 0 Å². The fourth-order valence-corrected chi connectivity index (χ4v) is 3.14. The first-order chi connectivity index (χ1) is 6.40. The summed E-state index contributed by atoms with van der Waals surface area (Å²) in [6.45, 7) is 2.28. The van der Waals surface area contributed by atoms with Crippen LogP contribution in [0, 0.1) is 0 Å². The topological polar surface area (TPSA) is 4.93 Å². The van der Waals surface area contributed by atoms with E-state index in [0.29, 0.717) is 0 Å². The first-order valence-electron chi connectivity index (χ1n) is 5.62. The van der Waals surface area contributed by atoms with Crippen molar-refractivity contribution in [3.63, 3.8) is 0 Å². The van der Waals surface area contributed by atoms with Gasteiger partial charge in [-0.25, -0.2) is 0 Å². The first kappa shape index (κ1) is 7.66. The van der Waals surface area contributed by atoms with E-state index in [1.807, 2.05) is 0 Å². The molecule has 70 valence electrons. The Morgan fingerprint density at radius 2 is 2.31 bits per heavy atom. The summed E-state index contributed by atoms with van der Waals surface area (Å²) in [5.41, 5.74) is 4.92. The summed E-state index contributed by atoms with van der Waals surface area (Å²) in [6, 6.07) is 3.33. The van der Waals surface area contributed by atoms with Crippen LogP contribution in [0.5, 0.6) is 0 Å². The van der Waals surface area contributed by atoms with E-state index >= 15 is 0 Å². The highest BCUT2D eigenvalue weighted by molar-refractivity contribution is 5.32. The number of aryl methyl sites for hydroxylation is 2. The maximum Gasteiger partial charge on any atom is 0.0339 e. The number of hydrogen-bond acceptors (Lipinski definition) is 0. The molecular formula is C12H17N. The van der Waals surface area contributed by atoms with Gasteiger partial charge in [0.2, 0.25) is 0 Å². The second-order valence-corrected chi connectivity index (χ2v) is 4.42. The fraction of sp³-hybridized carbons (Fsp3) is 0.667. The average molecular weight is 175 g/mol. The van der Waals surface area contributed by atoms with Gasteiger partial charge in [-0.15, -0.1) is 0 Å². The highest BCUT2D eigenvalue weighted by Gasteiger charge is 2.28. The van der Waals surface area contributed by atoms with Crippen molar-refractivity contribution in [2.75, 3.05) is 0 Å².